The molecule has 4 heterocycles. The number of H-pyrrole nitrogens is 1. The Hall–Kier alpha value is -3.21. The van der Waals surface area contributed by atoms with Gasteiger partial charge in [0.2, 0.25) is 11.9 Å². The topological polar surface area (TPSA) is 115 Å². The van der Waals surface area contributed by atoms with E-state index in [1.54, 1.807) is 24.5 Å². The second kappa shape index (κ2) is 7.08. The summed E-state index contributed by atoms with van der Waals surface area (Å²) in [5, 5.41) is 12.2. The van der Waals surface area contributed by atoms with Gasteiger partial charge < -0.3 is 10.2 Å². The van der Waals surface area contributed by atoms with Gasteiger partial charge in [-0.1, -0.05) is 6.07 Å². The lowest BCUT2D eigenvalue weighted by Gasteiger charge is -2.40. The molecule has 2 aromatic rings. The predicted molar refractivity (Wildman–Crippen MR) is 104 cm³/mol. The Kier molecular flexibility index (Phi) is 4.59. The zero-order valence-electron chi connectivity index (χ0n) is 15.8. The first-order chi connectivity index (χ1) is 13.5. The molecule has 2 aromatic heterocycles. The number of aromatic nitrogens is 3. The van der Waals surface area contributed by atoms with E-state index in [4.69, 9.17) is 0 Å². The second-order valence-corrected chi connectivity index (χ2v) is 7.55. The van der Waals surface area contributed by atoms with Gasteiger partial charge in [-0.05, 0) is 44.7 Å². The minimum atomic E-state index is -1.02. The highest BCUT2D eigenvalue weighted by molar-refractivity contribution is 5.97. The number of amides is 1. The molecule has 0 radical (unpaired) electrons. The number of nitrogens with zero attached hydrogens (tertiary/aromatic N) is 4. The van der Waals surface area contributed by atoms with Crippen molar-refractivity contribution in [3.05, 3.63) is 46.0 Å². The Morgan fingerprint density at radius 2 is 2.00 bits per heavy atom. The summed E-state index contributed by atoms with van der Waals surface area (Å²) in [6, 6.07) is 6.01. The van der Waals surface area contributed by atoms with Gasteiger partial charge in [0.25, 0.3) is 5.56 Å². The van der Waals surface area contributed by atoms with E-state index in [0.717, 1.165) is 19.3 Å². The highest BCUT2D eigenvalue weighted by atomic mass is 16.2. The number of fused-ring (bicyclic) bond motifs is 1. The molecule has 8 nitrogen and oxygen atoms in total. The summed E-state index contributed by atoms with van der Waals surface area (Å²) in [6.45, 7) is 4.22. The van der Waals surface area contributed by atoms with Crippen molar-refractivity contribution in [2.45, 2.75) is 51.1 Å². The largest absolute Gasteiger partial charge is 0.337 e. The average molecular weight is 378 g/mol. The number of aromatic amines is 1. The van der Waals surface area contributed by atoms with Gasteiger partial charge in [0.15, 0.2) is 0 Å². The Morgan fingerprint density at radius 3 is 2.64 bits per heavy atom. The molecular weight excluding hydrogens is 356 g/mol. The monoisotopic (exact) mass is 378 g/mol. The quantitative estimate of drug-likeness (QED) is 0.827. The van der Waals surface area contributed by atoms with E-state index in [1.165, 1.54) is 0 Å². The molecule has 0 bridgehead atoms. The SMILES string of the molecule is CC1CCCC(C)N1c1nc2c(c(=O)[nH]1)C(c1cccnc1)C(C#N)C(=O)N2. The number of carbonyl (C=O) groups is 1. The first kappa shape index (κ1) is 18.2. The van der Waals surface area contributed by atoms with E-state index in [0.29, 0.717) is 17.1 Å². The van der Waals surface area contributed by atoms with Gasteiger partial charge in [-0.3, -0.25) is 19.6 Å². The number of nitrogens with one attached hydrogen (secondary N) is 2. The Bertz CT molecular complexity index is 986. The normalized spacial score (nSPS) is 26.9. The summed E-state index contributed by atoms with van der Waals surface area (Å²) in [4.78, 5) is 39.4. The van der Waals surface area contributed by atoms with Crippen molar-refractivity contribution < 1.29 is 4.79 Å². The lowest BCUT2D eigenvalue weighted by atomic mass is 9.80. The second-order valence-electron chi connectivity index (χ2n) is 7.55. The Labute approximate surface area is 162 Å². The molecule has 1 amide bonds. The van der Waals surface area contributed by atoms with Crippen LogP contribution >= 0.6 is 0 Å². The molecule has 0 saturated carbocycles. The van der Waals surface area contributed by atoms with Crippen LogP contribution in [0.4, 0.5) is 11.8 Å². The summed E-state index contributed by atoms with van der Waals surface area (Å²) in [5.74, 6) is -1.48. The van der Waals surface area contributed by atoms with Gasteiger partial charge >= 0.3 is 0 Å². The molecule has 4 unspecified atom stereocenters. The van der Waals surface area contributed by atoms with Crippen molar-refractivity contribution in [1.29, 1.82) is 5.26 Å². The molecule has 1 saturated heterocycles. The van der Waals surface area contributed by atoms with Gasteiger partial charge in [-0.2, -0.15) is 10.2 Å². The van der Waals surface area contributed by atoms with Crippen LogP contribution in [-0.2, 0) is 4.79 Å². The number of hydrogen-bond donors (Lipinski definition) is 2. The zero-order chi connectivity index (χ0) is 19.8. The third-order valence-corrected chi connectivity index (χ3v) is 5.73. The molecule has 2 aliphatic heterocycles. The van der Waals surface area contributed by atoms with E-state index < -0.39 is 17.7 Å². The van der Waals surface area contributed by atoms with Crippen molar-refractivity contribution in [3.8, 4) is 6.07 Å². The molecule has 2 aliphatic rings. The van der Waals surface area contributed by atoms with E-state index in [1.807, 2.05) is 6.07 Å². The maximum Gasteiger partial charge on any atom is 0.258 e. The molecule has 144 valence electrons. The number of anilines is 2. The van der Waals surface area contributed by atoms with Crippen LogP contribution in [0.15, 0.2) is 29.3 Å². The van der Waals surface area contributed by atoms with Crippen molar-refractivity contribution in [3.63, 3.8) is 0 Å². The Balaban J connectivity index is 1.86. The highest BCUT2D eigenvalue weighted by Crippen LogP contribution is 2.38. The molecule has 2 N–H and O–H groups in total. The predicted octanol–water partition coefficient (Wildman–Crippen LogP) is 2.16. The molecule has 0 spiro atoms. The highest BCUT2D eigenvalue weighted by Gasteiger charge is 2.41. The van der Waals surface area contributed by atoms with Crippen LogP contribution in [0.3, 0.4) is 0 Å². The Morgan fingerprint density at radius 1 is 1.25 bits per heavy atom. The summed E-state index contributed by atoms with van der Waals surface area (Å²) >= 11 is 0. The van der Waals surface area contributed by atoms with Crippen molar-refractivity contribution in [2.24, 2.45) is 5.92 Å². The molecule has 4 rings (SSSR count). The summed E-state index contributed by atoms with van der Waals surface area (Å²) < 4.78 is 0. The maximum absolute atomic E-state index is 13.1. The van der Waals surface area contributed by atoms with Crippen LogP contribution in [0, 0.1) is 17.2 Å². The van der Waals surface area contributed by atoms with Crippen molar-refractivity contribution in [2.75, 3.05) is 10.2 Å². The lowest BCUT2D eigenvalue weighted by molar-refractivity contribution is -0.119. The fourth-order valence-electron chi connectivity index (χ4n) is 4.38. The minimum Gasteiger partial charge on any atom is -0.337 e. The van der Waals surface area contributed by atoms with Crippen LogP contribution in [0.2, 0.25) is 0 Å². The van der Waals surface area contributed by atoms with Crippen molar-refractivity contribution in [1.82, 2.24) is 15.0 Å². The molecule has 1 fully saturated rings. The molecule has 0 aromatic carbocycles. The number of nitriles is 1. The molecule has 8 heteroatoms. The number of hydrogen-bond acceptors (Lipinski definition) is 6. The first-order valence-corrected chi connectivity index (χ1v) is 9.54. The number of rotatable bonds is 2. The minimum absolute atomic E-state index is 0.231. The smallest absolute Gasteiger partial charge is 0.258 e. The molecule has 28 heavy (non-hydrogen) atoms. The van der Waals surface area contributed by atoms with Crippen LogP contribution in [0.25, 0.3) is 0 Å². The van der Waals surface area contributed by atoms with E-state index in [9.17, 15) is 14.9 Å². The fourth-order valence-corrected chi connectivity index (χ4v) is 4.38. The molecular formula is C20H22N6O2. The van der Waals surface area contributed by atoms with Crippen LogP contribution < -0.4 is 15.8 Å². The zero-order valence-corrected chi connectivity index (χ0v) is 15.8. The molecule has 4 atom stereocenters. The van der Waals surface area contributed by atoms with E-state index >= 15 is 0 Å². The van der Waals surface area contributed by atoms with Crippen LogP contribution in [0.1, 0.15) is 50.2 Å². The first-order valence-electron chi connectivity index (χ1n) is 9.54. The van der Waals surface area contributed by atoms with Gasteiger partial charge in [0.1, 0.15) is 11.7 Å². The van der Waals surface area contributed by atoms with Gasteiger partial charge in [-0.25, -0.2) is 0 Å². The van der Waals surface area contributed by atoms with E-state index in [-0.39, 0.29) is 23.5 Å². The number of carbonyl (C=O) groups excluding carboxylic acids is 1. The maximum atomic E-state index is 13.1. The number of pyridine rings is 1. The third kappa shape index (κ3) is 2.93. The number of piperidine rings is 1. The summed E-state index contributed by atoms with van der Waals surface area (Å²) in [7, 11) is 0. The van der Waals surface area contributed by atoms with Gasteiger partial charge in [0, 0.05) is 30.4 Å². The van der Waals surface area contributed by atoms with Crippen LogP contribution in [0.5, 0.6) is 0 Å². The van der Waals surface area contributed by atoms with Crippen LogP contribution in [-0.4, -0.2) is 32.9 Å². The van der Waals surface area contributed by atoms with Crippen molar-refractivity contribution >= 4 is 17.7 Å². The lowest BCUT2D eigenvalue weighted by Crippen LogP contribution is -2.46. The third-order valence-electron chi connectivity index (χ3n) is 5.73. The fraction of sp³-hybridized carbons (Fsp3) is 0.450. The average Bonchev–Trinajstić information content (AvgIpc) is 2.67. The summed E-state index contributed by atoms with van der Waals surface area (Å²) in [6.07, 6.45) is 6.37. The summed E-state index contributed by atoms with van der Waals surface area (Å²) in [5.41, 5.74) is 0.615. The van der Waals surface area contributed by atoms with E-state index in [2.05, 4.69) is 39.0 Å². The standard InChI is InChI=1S/C20H22N6O2/c1-11-5-3-6-12(2)26(11)20-24-17-16(19(28)25-20)15(13-7-4-8-22-10-13)14(9-21)18(27)23-17/h4,7-8,10-12,14-15H,3,5-6H2,1-2H3,(H2,23,24,25,27,28). The van der Waals surface area contributed by atoms with Gasteiger partial charge in [-0.15, -0.1) is 0 Å². The van der Waals surface area contributed by atoms with Gasteiger partial charge in [0.05, 0.1) is 11.6 Å². The molecule has 0 aliphatic carbocycles.